The van der Waals surface area contributed by atoms with Gasteiger partial charge in [-0.15, -0.1) is 0 Å². The van der Waals surface area contributed by atoms with Crippen LogP contribution in [0.25, 0.3) is 0 Å². The molecule has 0 atom stereocenters. The maximum atomic E-state index is 5.00. The van der Waals surface area contributed by atoms with E-state index in [1.54, 1.807) is 14.2 Å². The Kier molecular flexibility index (Phi) is 6.57. The van der Waals surface area contributed by atoms with Crippen LogP contribution in [-0.4, -0.2) is 20.5 Å². The van der Waals surface area contributed by atoms with E-state index < -0.39 is 0 Å². The summed E-state index contributed by atoms with van der Waals surface area (Å²) in [4.78, 5) is 0. The van der Waals surface area contributed by atoms with Crippen molar-refractivity contribution in [3.63, 3.8) is 0 Å². The van der Waals surface area contributed by atoms with E-state index in [9.17, 15) is 0 Å². The smallest absolute Gasteiger partial charge is 0.160 e. The van der Waals surface area contributed by atoms with Gasteiger partial charge in [-0.3, -0.25) is 0 Å². The fourth-order valence-corrected chi connectivity index (χ4v) is 0.854. The monoisotopic (exact) mass is 159 g/mol. The van der Waals surface area contributed by atoms with Crippen LogP contribution >= 0.6 is 0 Å². The normalized spacial score (nSPS) is 11.5. The second-order valence-corrected chi connectivity index (χ2v) is 3.05. The van der Waals surface area contributed by atoms with E-state index in [1.807, 2.05) is 0 Å². The lowest BCUT2D eigenvalue weighted by Gasteiger charge is -2.12. The largest absolute Gasteiger partial charge is 0.356 e. The van der Waals surface area contributed by atoms with Crippen LogP contribution < -0.4 is 0 Å². The first-order chi connectivity index (χ1) is 5.20. The highest BCUT2D eigenvalue weighted by Gasteiger charge is 2.04. The molecular weight excluding hydrogens is 140 g/mol. The molecule has 0 heterocycles. The van der Waals surface area contributed by atoms with Gasteiger partial charge in [0.05, 0.1) is 0 Å². The van der Waals surface area contributed by atoms with Gasteiger partial charge >= 0.3 is 0 Å². The van der Waals surface area contributed by atoms with Crippen LogP contribution in [0, 0.1) is 12.3 Å². The molecule has 2 nitrogen and oxygen atoms in total. The van der Waals surface area contributed by atoms with E-state index in [4.69, 9.17) is 9.47 Å². The van der Waals surface area contributed by atoms with E-state index in [1.165, 1.54) is 6.42 Å². The van der Waals surface area contributed by atoms with Crippen molar-refractivity contribution in [2.75, 3.05) is 14.2 Å². The zero-order valence-electron chi connectivity index (χ0n) is 7.96. The molecule has 67 valence electrons. The van der Waals surface area contributed by atoms with Crippen LogP contribution in [0.1, 0.15) is 26.7 Å². The van der Waals surface area contributed by atoms with E-state index in [0.29, 0.717) is 0 Å². The Bertz CT molecular complexity index is 77.6. The third kappa shape index (κ3) is 6.32. The molecule has 0 spiro atoms. The van der Waals surface area contributed by atoms with Gasteiger partial charge in [0.25, 0.3) is 0 Å². The summed E-state index contributed by atoms with van der Waals surface area (Å²) in [6.45, 7) is 4.42. The fourth-order valence-electron chi connectivity index (χ4n) is 0.854. The summed E-state index contributed by atoms with van der Waals surface area (Å²) in [6.07, 6.45) is 4.18. The highest BCUT2D eigenvalue weighted by Crippen LogP contribution is 2.08. The van der Waals surface area contributed by atoms with Gasteiger partial charge in [-0.25, -0.2) is 0 Å². The summed E-state index contributed by atoms with van der Waals surface area (Å²) in [5.41, 5.74) is 0. The Morgan fingerprint density at radius 1 is 1.18 bits per heavy atom. The van der Waals surface area contributed by atoms with Crippen molar-refractivity contribution in [2.24, 2.45) is 5.92 Å². The molecule has 0 unspecified atom stereocenters. The lowest BCUT2D eigenvalue weighted by molar-refractivity contribution is -0.0799. The molecular formula is C9H19O2. The van der Waals surface area contributed by atoms with Gasteiger partial charge in [0.1, 0.15) is 0 Å². The molecule has 0 aromatic carbocycles. The van der Waals surface area contributed by atoms with Crippen LogP contribution in [-0.2, 0) is 9.47 Å². The molecule has 0 rings (SSSR count). The van der Waals surface area contributed by atoms with Gasteiger partial charge < -0.3 is 9.47 Å². The SMILES string of the molecule is COC([CH]CCC(C)C)OC. The predicted octanol–water partition coefficient (Wildman–Crippen LogP) is 2.25. The lowest BCUT2D eigenvalue weighted by Crippen LogP contribution is -2.13. The number of rotatable bonds is 6. The van der Waals surface area contributed by atoms with Gasteiger partial charge in [-0.05, 0) is 12.3 Å². The first-order valence-electron chi connectivity index (χ1n) is 4.09. The van der Waals surface area contributed by atoms with Gasteiger partial charge in [0.2, 0.25) is 0 Å². The Morgan fingerprint density at radius 3 is 2.09 bits per heavy atom. The maximum absolute atomic E-state index is 5.00. The molecule has 0 saturated heterocycles. The zero-order valence-corrected chi connectivity index (χ0v) is 7.96. The highest BCUT2D eigenvalue weighted by atomic mass is 16.7. The fraction of sp³-hybridized carbons (Fsp3) is 0.889. The molecule has 2 heteroatoms. The van der Waals surface area contributed by atoms with Crippen LogP contribution in [0.2, 0.25) is 0 Å². The standard InChI is InChI=1S/C9H19O2/c1-8(2)6-5-7-9(10-3)11-4/h7-9H,5-6H2,1-4H3. The molecule has 0 aliphatic heterocycles. The number of hydrogen-bond acceptors (Lipinski definition) is 2. The molecule has 0 saturated carbocycles. The average Bonchev–Trinajstić information content (AvgIpc) is 1.98. The van der Waals surface area contributed by atoms with E-state index in [0.717, 1.165) is 12.3 Å². The van der Waals surface area contributed by atoms with E-state index in [-0.39, 0.29) is 6.29 Å². The van der Waals surface area contributed by atoms with Crippen molar-refractivity contribution < 1.29 is 9.47 Å². The Labute approximate surface area is 69.9 Å². The van der Waals surface area contributed by atoms with Crippen molar-refractivity contribution in [3.05, 3.63) is 6.42 Å². The highest BCUT2D eigenvalue weighted by molar-refractivity contribution is 4.69. The van der Waals surface area contributed by atoms with Crippen molar-refractivity contribution in [1.82, 2.24) is 0 Å². The number of ether oxygens (including phenoxy) is 2. The predicted molar refractivity (Wildman–Crippen MR) is 46.2 cm³/mol. The molecule has 0 aromatic rings. The maximum Gasteiger partial charge on any atom is 0.160 e. The summed E-state index contributed by atoms with van der Waals surface area (Å²) >= 11 is 0. The molecule has 0 aromatic heterocycles. The third-order valence-corrected chi connectivity index (χ3v) is 1.57. The first-order valence-corrected chi connectivity index (χ1v) is 4.09. The lowest BCUT2D eigenvalue weighted by atomic mass is 10.1. The van der Waals surface area contributed by atoms with Gasteiger partial charge in [0, 0.05) is 20.6 Å². The summed E-state index contributed by atoms with van der Waals surface area (Å²) in [7, 11) is 3.31. The average molecular weight is 159 g/mol. The van der Waals surface area contributed by atoms with Gasteiger partial charge in [0.15, 0.2) is 6.29 Å². The molecule has 0 fully saturated rings. The topological polar surface area (TPSA) is 18.5 Å². The second-order valence-electron chi connectivity index (χ2n) is 3.05. The Balaban J connectivity index is 3.21. The zero-order chi connectivity index (χ0) is 8.69. The first kappa shape index (κ1) is 10.9. The Morgan fingerprint density at radius 2 is 1.73 bits per heavy atom. The van der Waals surface area contributed by atoms with Crippen molar-refractivity contribution in [2.45, 2.75) is 33.0 Å². The van der Waals surface area contributed by atoms with Crippen molar-refractivity contribution in [1.29, 1.82) is 0 Å². The quantitative estimate of drug-likeness (QED) is 0.553. The third-order valence-electron chi connectivity index (χ3n) is 1.57. The molecule has 0 bridgehead atoms. The molecule has 0 N–H and O–H groups in total. The number of methoxy groups -OCH3 is 2. The molecule has 11 heavy (non-hydrogen) atoms. The molecule has 1 radical (unpaired) electrons. The molecule has 0 aliphatic carbocycles. The number of hydrogen-bond donors (Lipinski definition) is 0. The van der Waals surface area contributed by atoms with E-state index >= 15 is 0 Å². The minimum absolute atomic E-state index is 0.131. The summed E-state index contributed by atoms with van der Waals surface area (Å²) in [5.74, 6) is 0.751. The minimum Gasteiger partial charge on any atom is -0.356 e. The van der Waals surface area contributed by atoms with Gasteiger partial charge in [-0.2, -0.15) is 0 Å². The van der Waals surface area contributed by atoms with Crippen molar-refractivity contribution in [3.8, 4) is 0 Å². The van der Waals surface area contributed by atoms with Gasteiger partial charge in [-0.1, -0.05) is 20.3 Å². The summed E-state index contributed by atoms with van der Waals surface area (Å²) in [5, 5.41) is 0. The van der Waals surface area contributed by atoms with Crippen LogP contribution in [0.15, 0.2) is 0 Å². The van der Waals surface area contributed by atoms with Crippen LogP contribution in [0.5, 0.6) is 0 Å². The van der Waals surface area contributed by atoms with E-state index in [2.05, 4.69) is 20.3 Å². The summed E-state index contributed by atoms with van der Waals surface area (Å²) < 4.78 is 10.0. The summed E-state index contributed by atoms with van der Waals surface area (Å²) in [6, 6.07) is 0. The molecule has 0 aliphatic rings. The molecule has 0 amide bonds. The minimum atomic E-state index is -0.131. The van der Waals surface area contributed by atoms with Crippen LogP contribution in [0.3, 0.4) is 0 Å². The second kappa shape index (κ2) is 6.62. The van der Waals surface area contributed by atoms with Crippen LogP contribution in [0.4, 0.5) is 0 Å². The Hall–Kier alpha value is -0.0800. The van der Waals surface area contributed by atoms with Crippen molar-refractivity contribution >= 4 is 0 Å².